The van der Waals surface area contributed by atoms with E-state index in [9.17, 15) is 34.5 Å². The number of esters is 2. The normalized spacial score (nSPS) is 19.8. The number of aromatic hydroxyl groups is 3. The van der Waals surface area contributed by atoms with Crippen molar-refractivity contribution in [3.63, 3.8) is 0 Å². The molecule has 2 atom stereocenters. The summed E-state index contributed by atoms with van der Waals surface area (Å²) in [7, 11) is 2.42. The number of allylic oxidation sites excluding steroid dienone is 2. The first-order valence-electron chi connectivity index (χ1n) is 12.8. The van der Waals surface area contributed by atoms with Gasteiger partial charge in [-0.25, -0.2) is 9.59 Å². The van der Waals surface area contributed by atoms with E-state index in [-0.39, 0.29) is 39.8 Å². The Balaban J connectivity index is 1.66. The molecule has 0 fully saturated rings. The highest BCUT2D eigenvalue weighted by molar-refractivity contribution is 6.43. The van der Waals surface area contributed by atoms with Crippen molar-refractivity contribution in [1.82, 2.24) is 0 Å². The summed E-state index contributed by atoms with van der Waals surface area (Å²) in [6.45, 7) is 3.36. The van der Waals surface area contributed by atoms with Gasteiger partial charge < -0.3 is 34.3 Å². The van der Waals surface area contributed by atoms with Gasteiger partial charge in [-0.3, -0.25) is 9.59 Å². The average Bonchev–Trinajstić information content (AvgIpc) is 2.89. The third-order valence-electron chi connectivity index (χ3n) is 7.64. The lowest BCUT2D eigenvalue weighted by Gasteiger charge is -2.29. The van der Waals surface area contributed by atoms with Crippen LogP contribution in [-0.2, 0) is 27.1 Å². The number of carbonyl (C=O) groups is 4. The summed E-state index contributed by atoms with van der Waals surface area (Å²) in [6.07, 6.45) is -0.400. The van der Waals surface area contributed by atoms with E-state index >= 15 is 0 Å². The lowest BCUT2D eigenvalue weighted by molar-refractivity contribution is 0.0287. The number of hydrogen-bond acceptors (Lipinski definition) is 11. The highest BCUT2D eigenvalue weighted by Gasteiger charge is 2.44. The van der Waals surface area contributed by atoms with Crippen LogP contribution in [-0.4, -0.2) is 65.3 Å². The quantitative estimate of drug-likeness (QED) is 0.401. The summed E-state index contributed by atoms with van der Waals surface area (Å²) in [4.78, 5) is 53.4. The van der Waals surface area contributed by atoms with E-state index < -0.39 is 69.9 Å². The van der Waals surface area contributed by atoms with Gasteiger partial charge in [0.1, 0.15) is 40.8 Å². The van der Waals surface area contributed by atoms with E-state index in [1.165, 1.54) is 19.2 Å². The van der Waals surface area contributed by atoms with Gasteiger partial charge in [0.05, 0.1) is 47.4 Å². The first kappa shape index (κ1) is 26.2. The summed E-state index contributed by atoms with van der Waals surface area (Å²) in [5.41, 5.74) is -1.05. The van der Waals surface area contributed by atoms with Crippen LogP contribution in [0.1, 0.15) is 72.0 Å². The first-order valence-corrected chi connectivity index (χ1v) is 12.8. The minimum Gasteiger partial charge on any atom is -0.507 e. The zero-order valence-electron chi connectivity index (χ0n) is 22.4. The molecule has 0 spiro atoms. The Labute approximate surface area is 232 Å². The second kappa shape index (κ2) is 8.98. The van der Waals surface area contributed by atoms with Gasteiger partial charge in [-0.1, -0.05) is 0 Å². The van der Waals surface area contributed by atoms with E-state index in [1.807, 2.05) is 0 Å². The summed E-state index contributed by atoms with van der Waals surface area (Å²) in [5, 5.41) is 33.7. The van der Waals surface area contributed by atoms with Crippen LogP contribution < -0.4 is 4.74 Å². The first-order chi connectivity index (χ1) is 19.5. The lowest BCUT2D eigenvalue weighted by Crippen LogP contribution is -2.31. The van der Waals surface area contributed by atoms with Gasteiger partial charge in [-0.15, -0.1) is 0 Å². The number of cyclic esters (lactones) is 2. The van der Waals surface area contributed by atoms with Crippen LogP contribution in [0, 0.1) is 0 Å². The molecule has 2 aliphatic heterocycles. The smallest absolute Gasteiger partial charge is 0.342 e. The van der Waals surface area contributed by atoms with Crippen LogP contribution in [0.2, 0.25) is 0 Å². The van der Waals surface area contributed by atoms with Crippen molar-refractivity contribution >= 4 is 39.9 Å². The van der Waals surface area contributed by atoms with E-state index in [0.717, 1.165) is 7.11 Å². The molecule has 3 aromatic carbocycles. The number of carbonyl (C=O) groups excluding carboxylic acids is 4. The van der Waals surface area contributed by atoms with Gasteiger partial charge in [-0.2, -0.15) is 0 Å². The molecule has 3 aliphatic rings. The van der Waals surface area contributed by atoms with Crippen molar-refractivity contribution in [2.75, 3.05) is 14.2 Å². The maximum absolute atomic E-state index is 14.1. The molecule has 0 radical (unpaired) electrons. The molecule has 210 valence electrons. The molecule has 41 heavy (non-hydrogen) atoms. The molecule has 6 rings (SSSR count). The number of ketones is 2. The Morgan fingerprint density at radius 2 is 1.29 bits per heavy atom. The number of phenols is 3. The largest absolute Gasteiger partial charge is 0.507 e. The molecular weight excluding hydrogens is 536 g/mol. The Morgan fingerprint density at radius 3 is 1.90 bits per heavy atom. The molecule has 1 aliphatic carbocycles. The van der Waals surface area contributed by atoms with E-state index in [0.29, 0.717) is 22.9 Å². The number of Topliss-reactive ketones (excluding diaryl/α,β-unsaturated/α-hetero) is 2. The number of fused-ring (bicyclic) bond motifs is 5. The molecule has 2 heterocycles. The van der Waals surface area contributed by atoms with Crippen LogP contribution in [0.25, 0.3) is 16.3 Å². The SMILES string of the molecule is COC1=C(c2c(OC)cc3cc4c(c(O)c3c2O)C(=O)O[C@H](C)C4)C(=O)c2c(O)cc3c(c2C1=O)C(=O)O[C@H](C)C3. The maximum Gasteiger partial charge on any atom is 0.342 e. The molecule has 0 saturated heterocycles. The zero-order valence-corrected chi connectivity index (χ0v) is 22.4. The van der Waals surface area contributed by atoms with Crippen molar-refractivity contribution < 1.29 is 53.4 Å². The Bertz CT molecular complexity index is 1800. The van der Waals surface area contributed by atoms with Crippen LogP contribution >= 0.6 is 0 Å². The fourth-order valence-electron chi connectivity index (χ4n) is 5.99. The minimum atomic E-state index is -0.943. The van der Waals surface area contributed by atoms with Crippen LogP contribution in [0.5, 0.6) is 23.0 Å². The second-order valence-electron chi connectivity index (χ2n) is 10.2. The Kier molecular flexibility index (Phi) is 5.73. The van der Waals surface area contributed by atoms with Gasteiger partial charge in [0, 0.05) is 12.8 Å². The molecule has 0 saturated carbocycles. The highest BCUT2D eigenvalue weighted by Crippen LogP contribution is 2.50. The molecule has 11 nitrogen and oxygen atoms in total. The van der Waals surface area contributed by atoms with Crippen molar-refractivity contribution in [1.29, 1.82) is 0 Å². The summed E-state index contributed by atoms with van der Waals surface area (Å²) >= 11 is 0. The number of phenolic OH excluding ortho intramolecular Hbond substituents is 3. The number of benzene rings is 3. The zero-order chi connectivity index (χ0) is 29.5. The molecule has 3 aromatic rings. The minimum absolute atomic E-state index is 0.0550. The van der Waals surface area contributed by atoms with Gasteiger partial charge in [0.15, 0.2) is 5.76 Å². The number of rotatable bonds is 3. The standard InChI is InChI=1S/C30H24O11/c1-10-5-12-7-14-9-16(38-3)21(25(33)18(14)24(32)19(12)30(37)41-10)23-26(34)20-15(31)8-13-6-11(2)40-29(36)17(13)22(20)27(35)28(23)39-4/h7-11,31-33H,5-6H2,1-4H3/t10-,11-/m1/s1. The van der Waals surface area contributed by atoms with Crippen LogP contribution in [0.4, 0.5) is 0 Å². The predicted molar refractivity (Wildman–Crippen MR) is 142 cm³/mol. The molecular formula is C30H24O11. The average molecular weight is 561 g/mol. The van der Waals surface area contributed by atoms with Gasteiger partial charge >= 0.3 is 11.9 Å². The van der Waals surface area contributed by atoms with Crippen molar-refractivity contribution in [2.45, 2.75) is 38.9 Å². The lowest BCUT2D eigenvalue weighted by atomic mass is 9.78. The van der Waals surface area contributed by atoms with Crippen molar-refractivity contribution in [3.05, 3.63) is 62.9 Å². The van der Waals surface area contributed by atoms with Crippen molar-refractivity contribution in [3.8, 4) is 23.0 Å². The number of hydrogen-bond donors (Lipinski definition) is 3. The number of methoxy groups -OCH3 is 2. The second-order valence-corrected chi connectivity index (χ2v) is 10.2. The van der Waals surface area contributed by atoms with E-state index in [2.05, 4.69) is 0 Å². The van der Waals surface area contributed by atoms with Crippen LogP contribution in [0.3, 0.4) is 0 Å². The third kappa shape index (κ3) is 3.58. The van der Waals surface area contributed by atoms with Gasteiger partial charge in [-0.05, 0) is 48.6 Å². The summed E-state index contributed by atoms with van der Waals surface area (Å²) in [5.74, 6) is -5.81. The molecule has 0 bridgehead atoms. The Morgan fingerprint density at radius 1 is 0.707 bits per heavy atom. The molecule has 0 amide bonds. The van der Waals surface area contributed by atoms with Gasteiger partial charge in [0.2, 0.25) is 11.6 Å². The predicted octanol–water partition coefficient (Wildman–Crippen LogP) is 3.60. The van der Waals surface area contributed by atoms with E-state index in [1.54, 1.807) is 19.9 Å². The monoisotopic (exact) mass is 560 g/mol. The Hall–Kier alpha value is -5.06. The molecule has 11 heteroatoms. The molecule has 3 N–H and O–H groups in total. The maximum atomic E-state index is 14.1. The molecule has 0 unspecified atom stereocenters. The number of ether oxygens (including phenoxy) is 4. The van der Waals surface area contributed by atoms with Crippen molar-refractivity contribution in [2.24, 2.45) is 0 Å². The van der Waals surface area contributed by atoms with Crippen LogP contribution in [0.15, 0.2) is 24.0 Å². The summed E-state index contributed by atoms with van der Waals surface area (Å²) in [6, 6.07) is 4.29. The van der Waals surface area contributed by atoms with E-state index in [4.69, 9.17) is 18.9 Å². The summed E-state index contributed by atoms with van der Waals surface area (Å²) < 4.78 is 21.4. The van der Waals surface area contributed by atoms with Gasteiger partial charge in [0.25, 0.3) is 0 Å². The third-order valence-corrected chi connectivity index (χ3v) is 7.64. The fourth-order valence-corrected chi connectivity index (χ4v) is 5.99. The highest BCUT2D eigenvalue weighted by atomic mass is 16.5. The molecule has 0 aromatic heterocycles. The fraction of sp³-hybridized carbons (Fsp3) is 0.267. The topological polar surface area (TPSA) is 166 Å².